The number of nitrogens with one attached hydrogen (secondary N) is 1. The third-order valence-corrected chi connectivity index (χ3v) is 2.05. The molecule has 0 spiro atoms. The summed E-state index contributed by atoms with van der Waals surface area (Å²) in [6.07, 6.45) is 7.60. The third-order valence-electron chi connectivity index (χ3n) is 2.05. The second-order valence-electron chi connectivity index (χ2n) is 3.08. The molecule has 76 valence electrons. The van der Waals surface area contributed by atoms with Crippen LogP contribution in [-0.2, 0) is 0 Å². The summed E-state index contributed by atoms with van der Waals surface area (Å²) >= 11 is 0. The predicted molar refractivity (Wildman–Crippen MR) is 58.7 cm³/mol. The quantitative estimate of drug-likeness (QED) is 0.540. The summed E-state index contributed by atoms with van der Waals surface area (Å²) in [7, 11) is 0. The van der Waals surface area contributed by atoms with Crippen molar-refractivity contribution in [2.75, 3.05) is 0 Å². The molecule has 0 radical (unpaired) electrons. The minimum atomic E-state index is -0.0899. The van der Waals surface area contributed by atoms with Crippen LogP contribution in [0, 0.1) is 10.8 Å². The van der Waals surface area contributed by atoms with Gasteiger partial charge in [-0.15, -0.1) is 10.0 Å². The van der Waals surface area contributed by atoms with Gasteiger partial charge in [0.25, 0.3) is 0 Å². The van der Waals surface area contributed by atoms with Crippen LogP contribution in [-0.4, -0.2) is 17.4 Å². The lowest BCUT2D eigenvalue weighted by molar-refractivity contribution is 0.787. The van der Waals surface area contributed by atoms with E-state index in [0.29, 0.717) is 11.7 Å². The Morgan fingerprint density at radius 2 is 2.27 bits per heavy atom. The maximum Gasteiger partial charge on any atom is 0.165 e. The first kappa shape index (κ1) is 9.45. The molecule has 0 bridgehead atoms. The molecule has 15 heavy (non-hydrogen) atoms. The number of amidine groups is 2. The van der Waals surface area contributed by atoms with Crippen molar-refractivity contribution in [3.63, 3.8) is 0 Å². The van der Waals surface area contributed by atoms with Gasteiger partial charge in [-0.1, -0.05) is 18.2 Å². The number of hydrogen-bond acceptors (Lipinski definition) is 4. The van der Waals surface area contributed by atoms with E-state index in [0.717, 1.165) is 5.71 Å². The molecule has 1 atom stereocenters. The van der Waals surface area contributed by atoms with Crippen molar-refractivity contribution in [2.45, 2.75) is 6.92 Å². The molecule has 0 aromatic rings. The fourth-order valence-corrected chi connectivity index (χ4v) is 1.47. The molecule has 1 heterocycles. The third kappa shape index (κ3) is 1.88. The molecule has 0 saturated heterocycles. The van der Waals surface area contributed by atoms with Crippen molar-refractivity contribution in [2.24, 2.45) is 26.3 Å². The zero-order chi connectivity index (χ0) is 10.7. The Morgan fingerprint density at radius 1 is 1.40 bits per heavy atom. The zero-order valence-corrected chi connectivity index (χ0v) is 8.08. The summed E-state index contributed by atoms with van der Waals surface area (Å²) in [6.45, 7) is 1.78. The minimum Gasteiger partial charge on any atom is -0.237 e. The van der Waals surface area contributed by atoms with Gasteiger partial charge in [-0.2, -0.15) is 5.53 Å². The van der Waals surface area contributed by atoms with Crippen molar-refractivity contribution < 1.29 is 0 Å². The van der Waals surface area contributed by atoms with Gasteiger partial charge in [0.2, 0.25) is 0 Å². The Hall–Kier alpha value is -2.11. The van der Waals surface area contributed by atoms with E-state index >= 15 is 0 Å². The van der Waals surface area contributed by atoms with Gasteiger partial charge in [-0.05, 0) is 13.0 Å². The van der Waals surface area contributed by atoms with E-state index in [9.17, 15) is 4.91 Å². The highest BCUT2D eigenvalue weighted by Gasteiger charge is 2.23. The van der Waals surface area contributed by atoms with E-state index in [1.165, 1.54) is 0 Å². The molecule has 2 aliphatic rings. The summed E-state index contributed by atoms with van der Waals surface area (Å²) in [4.78, 5) is 18.3. The fraction of sp³-hybridized carbons (Fsp3) is 0.222. The van der Waals surface area contributed by atoms with Gasteiger partial charge in [0.15, 0.2) is 5.84 Å². The van der Waals surface area contributed by atoms with Crippen LogP contribution in [0.5, 0.6) is 0 Å². The first-order valence-electron chi connectivity index (χ1n) is 4.45. The maximum atomic E-state index is 9.91. The second-order valence-corrected chi connectivity index (χ2v) is 3.08. The van der Waals surface area contributed by atoms with Crippen molar-refractivity contribution in [3.05, 3.63) is 29.2 Å². The Morgan fingerprint density at radius 3 is 3.07 bits per heavy atom. The number of hydrogen-bond donors (Lipinski definition) is 1. The standard InChI is InChI=1S/C9H9N5O/c1-6-10-8-5-3-2-4-7(8)9(11-6)12-13-14-15/h2-5,7H,1H3,(H,13,15)/b12-9-. The highest BCUT2D eigenvalue weighted by atomic mass is 16.3. The molecule has 1 N–H and O–H groups in total. The Kier molecular flexibility index (Phi) is 2.49. The Bertz CT molecular complexity index is 430. The number of hydrazone groups is 1. The van der Waals surface area contributed by atoms with E-state index in [2.05, 4.69) is 20.4 Å². The van der Waals surface area contributed by atoms with Crippen LogP contribution in [0.4, 0.5) is 0 Å². The SMILES string of the molecule is CC1=N/C(=N\NN=O)C2C=CC=CC2=N1. The fourth-order valence-electron chi connectivity index (χ4n) is 1.47. The van der Waals surface area contributed by atoms with Crippen LogP contribution in [0.2, 0.25) is 0 Å². The first-order valence-corrected chi connectivity index (χ1v) is 4.45. The number of nitrogens with zero attached hydrogens (tertiary/aromatic N) is 4. The summed E-state index contributed by atoms with van der Waals surface area (Å²) < 4.78 is 0. The van der Waals surface area contributed by atoms with Gasteiger partial charge >= 0.3 is 0 Å². The number of rotatable bonds is 2. The number of allylic oxidation sites excluding steroid dienone is 3. The molecule has 6 nitrogen and oxygen atoms in total. The van der Waals surface area contributed by atoms with Crippen LogP contribution >= 0.6 is 0 Å². The van der Waals surface area contributed by atoms with Crippen molar-refractivity contribution in [3.8, 4) is 0 Å². The number of fused-ring (bicyclic) bond motifs is 1. The molecular formula is C9H9N5O. The minimum absolute atomic E-state index is 0.0899. The van der Waals surface area contributed by atoms with Crippen molar-refractivity contribution in [1.29, 1.82) is 0 Å². The van der Waals surface area contributed by atoms with Crippen LogP contribution in [0.25, 0.3) is 0 Å². The highest BCUT2D eigenvalue weighted by molar-refractivity contribution is 6.22. The average molecular weight is 203 g/mol. The smallest absolute Gasteiger partial charge is 0.165 e. The summed E-state index contributed by atoms with van der Waals surface area (Å²) in [5.74, 6) is 1.03. The monoisotopic (exact) mass is 203 g/mol. The van der Waals surface area contributed by atoms with E-state index in [1.54, 1.807) is 6.92 Å². The van der Waals surface area contributed by atoms with E-state index in [1.807, 2.05) is 29.8 Å². The van der Waals surface area contributed by atoms with Crippen LogP contribution < -0.4 is 5.53 Å². The van der Waals surface area contributed by atoms with Gasteiger partial charge in [0, 0.05) is 0 Å². The summed E-state index contributed by atoms with van der Waals surface area (Å²) in [6, 6.07) is 0. The van der Waals surface area contributed by atoms with Crippen molar-refractivity contribution >= 4 is 17.4 Å². The molecule has 1 unspecified atom stereocenters. The predicted octanol–water partition coefficient (Wildman–Crippen LogP) is 1.19. The van der Waals surface area contributed by atoms with Gasteiger partial charge in [-0.3, -0.25) is 0 Å². The largest absolute Gasteiger partial charge is 0.237 e. The molecule has 2 rings (SSSR count). The van der Waals surface area contributed by atoms with Gasteiger partial charge in [0.05, 0.1) is 16.9 Å². The molecule has 1 aliphatic carbocycles. The van der Waals surface area contributed by atoms with Gasteiger partial charge in [-0.25, -0.2) is 9.98 Å². The lowest BCUT2D eigenvalue weighted by Crippen LogP contribution is -2.27. The van der Waals surface area contributed by atoms with Crippen LogP contribution in [0.3, 0.4) is 0 Å². The normalized spacial score (nSPS) is 25.7. The first-order chi connectivity index (χ1) is 7.31. The second kappa shape index (κ2) is 3.95. The summed E-state index contributed by atoms with van der Waals surface area (Å²) in [5, 5.41) is 6.22. The van der Waals surface area contributed by atoms with E-state index < -0.39 is 0 Å². The van der Waals surface area contributed by atoms with Crippen LogP contribution in [0.1, 0.15) is 6.92 Å². The molecule has 0 fully saturated rings. The van der Waals surface area contributed by atoms with Gasteiger partial charge in [0.1, 0.15) is 5.84 Å². The number of nitroso groups, excluding NO2 is 1. The van der Waals surface area contributed by atoms with Gasteiger partial charge < -0.3 is 0 Å². The molecule has 0 saturated carbocycles. The topological polar surface area (TPSA) is 78.5 Å². The number of aliphatic imine (C=N–C) groups is 2. The molecule has 6 heteroatoms. The molecule has 0 aromatic carbocycles. The molecule has 0 amide bonds. The summed E-state index contributed by atoms with van der Waals surface area (Å²) in [5.41, 5.74) is 2.88. The highest BCUT2D eigenvalue weighted by Crippen LogP contribution is 2.16. The van der Waals surface area contributed by atoms with Crippen molar-refractivity contribution in [1.82, 2.24) is 5.53 Å². The Balaban J connectivity index is 2.34. The van der Waals surface area contributed by atoms with E-state index in [-0.39, 0.29) is 5.92 Å². The molecule has 0 aromatic heterocycles. The maximum absolute atomic E-state index is 9.91. The lowest BCUT2D eigenvalue weighted by Gasteiger charge is -2.18. The lowest BCUT2D eigenvalue weighted by atomic mass is 9.96. The zero-order valence-electron chi connectivity index (χ0n) is 8.08. The average Bonchev–Trinajstić information content (AvgIpc) is 2.25. The van der Waals surface area contributed by atoms with E-state index in [4.69, 9.17) is 0 Å². The van der Waals surface area contributed by atoms with Crippen LogP contribution in [0.15, 0.2) is 44.7 Å². The molecular weight excluding hydrogens is 194 g/mol. The Labute approximate surface area is 86.1 Å². The molecule has 1 aliphatic heterocycles.